The van der Waals surface area contributed by atoms with E-state index in [2.05, 4.69) is 25.7 Å². The molecule has 2 rings (SSSR count). The van der Waals surface area contributed by atoms with E-state index >= 15 is 0 Å². The lowest BCUT2D eigenvalue weighted by Gasteiger charge is -2.11. The van der Waals surface area contributed by atoms with Crippen molar-refractivity contribution in [2.24, 2.45) is 0 Å². The van der Waals surface area contributed by atoms with E-state index in [9.17, 15) is 4.79 Å². The lowest BCUT2D eigenvalue weighted by molar-refractivity contribution is -0.120. The van der Waals surface area contributed by atoms with Crippen LogP contribution in [0.4, 0.5) is 5.82 Å². The highest BCUT2D eigenvalue weighted by Gasteiger charge is 2.12. The summed E-state index contributed by atoms with van der Waals surface area (Å²) in [5, 5.41) is 10.3. The Labute approximate surface area is 115 Å². The summed E-state index contributed by atoms with van der Waals surface area (Å²) < 4.78 is 1.57. The Hall–Kier alpha value is -1.89. The maximum atomic E-state index is 11.4. The molecule has 2 aromatic heterocycles. The highest BCUT2D eigenvalue weighted by molar-refractivity contribution is 6.30. The first-order chi connectivity index (χ1) is 9.13. The monoisotopic (exact) mass is 282 g/mol. The van der Waals surface area contributed by atoms with Crippen molar-refractivity contribution in [2.45, 2.75) is 20.3 Å². The Bertz CT molecular complexity index is 596. The van der Waals surface area contributed by atoms with Crippen LogP contribution < -0.4 is 10.6 Å². The summed E-state index contributed by atoms with van der Waals surface area (Å²) in [6, 6.07) is 0. The third kappa shape index (κ3) is 2.93. The molecule has 2 heterocycles. The van der Waals surface area contributed by atoms with Crippen LogP contribution in [0.25, 0.3) is 5.78 Å². The van der Waals surface area contributed by atoms with Gasteiger partial charge in [-0.3, -0.25) is 4.79 Å². The van der Waals surface area contributed by atoms with Gasteiger partial charge in [-0.2, -0.15) is 19.6 Å². The van der Waals surface area contributed by atoms with Gasteiger partial charge in [0.25, 0.3) is 5.78 Å². The molecule has 0 aliphatic rings. The summed E-state index contributed by atoms with van der Waals surface area (Å²) >= 11 is 6.03. The van der Waals surface area contributed by atoms with Crippen LogP contribution in [0.2, 0.25) is 5.15 Å². The molecule has 0 atom stereocenters. The molecule has 2 N–H and O–H groups in total. The molecular weight excluding hydrogens is 268 g/mol. The van der Waals surface area contributed by atoms with Gasteiger partial charge >= 0.3 is 0 Å². The number of anilines is 1. The fourth-order valence-corrected chi connectivity index (χ4v) is 1.85. The van der Waals surface area contributed by atoms with Crippen molar-refractivity contribution in [1.29, 1.82) is 0 Å². The Morgan fingerprint density at radius 3 is 3.05 bits per heavy atom. The smallest absolute Gasteiger partial charge is 0.255 e. The van der Waals surface area contributed by atoms with Crippen LogP contribution in [0, 0.1) is 6.92 Å². The van der Waals surface area contributed by atoms with Crippen molar-refractivity contribution in [1.82, 2.24) is 24.9 Å². The number of nitrogens with one attached hydrogen (secondary N) is 2. The third-order valence-corrected chi connectivity index (χ3v) is 2.99. The van der Waals surface area contributed by atoms with Gasteiger partial charge in [-0.15, -0.1) is 0 Å². The van der Waals surface area contributed by atoms with Crippen molar-refractivity contribution in [3.63, 3.8) is 0 Å². The summed E-state index contributed by atoms with van der Waals surface area (Å²) in [6.45, 7) is 4.84. The number of hydrogen-bond donors (Lipinski definition) is 2. The molecule has 0 aliphatic heterocycles. The van der Waals surface area contributed by atoms with Crippen LogP contribution in [0.5, 0.6) is 0 Å². The quantitative estimate of drug-likeness (QED) is 0.800. The molecule has 0 aliphatic carbocycles. The zero-order valence-electron chi connectivity index (χ0n) is 10.8. The van der Waals surface area contributed by atoms with Crippen LogP contribution >= 0.6 is 11.6 Å². The Morgan fingerprint density at radius 1 is 1.53 bits per heavy atom. The molecule has 0 bridgehead atoms. The number of halogens is 1. The van der Waals surface area contributed by atoms with Crippen molar-refractivity contribution in [3.8, 4) is 0 Å². The molecule has 2 aromatic rings. The average Bonchev–Trinajstić information content (AvgIpc) is 2.82. The van der Waals surface area contributed by atoms with Gasteiger partial charge in [0.2, 0.25) is 5.91 Å². The largest absolute Gasteiger partial charge is 0.369 e. The van der Waals surface area contributed by atoms with E-state index in [-0.39, 0.29) is 5.91 Å². The number of fused-ring (bicyclic) bond motifs is 1. The molecule has 1 amide bonds. The molecule has 8 heteroatoms. The van der Waals surface area contributed by atoms with Gasteiger partial charge in [-0.25, -0.2) is 0 Å². The van der Waals surface area contributed by atoms with Crippen molar-refractivity contribution in [2.75, 3.05) is 18.4 Å². The first kappa shape index (κ1) is 13.5. The molecule has 0 spiro atoms. The molecular formula is C11H15ClN6O. The highest BCUT2D eigenvalue weighted by atomic mass is 35.5. The summed E-state index contributed by atoms with van der Waals surface area (Å²) in [5.41, 5.74) is 0.774. The highest BCUT2D eigenvalue weighted by Crippen LogP contribution is 2.21. The maximum Gasteiger partial charge on any atom is 0.255 e. The number of nitrogens with zero attached hydrogens (tertiary/aromatic N) is 4. The van der Waals surface area contributed by atoms with Crippen molar-refractivity contribution >= 4 is 29.1 Å². The van der Waals surface area contributed by atoms with E-state index in [1.54, 1.807) is 4.52 Å². The normalized spacial score (nSPS) is 10.7. The molecule has 0 aromatic carbocycles. The topological polar surface area (TPSA) is 84.2 Å². The number of hydrogen-bond acceptors (Lipinski definition) is 5. The van der Waals surface area contributed by atoms with Gasteiger partial charge in [0, 0.05) is 25.1 Å². The predicted octanol–water partition coefficient (Wildman–Crippen LogP) is 1.02. The molecule has 0 radical (unpaired) electrons. The van der Waals surface area contributed by atoms with Gasteiger partial charge in [-0.05, 0) is 13.8 Å². The first-order valence-electron chi connectivity index (χ1n) is 6.00. The van der Waals surface area contributed by atoms with E-state index in [4.69, 9.17) is 11.6 Å². The fourth-order valence-electron chi connectivity index (χ4n) is 1.69. The Morgan fingerprint density at radius 2 is 2.32 bits per heavy atom. The molecule has 19 heavy (non-hydrogen) atoms. The zero-order chi connectivity index (χ0) is 13.8. The number of carbonyl (C=O) groups is 1. The number of rotatable bonds is 5. The lowest BCUT2D eigenvalue weighted by Crippen LogP contribution is -2.25. The van der Waals surface area contributed by atoms with E-state index < -0.39 is 0 Å². The summed E-state index contributed by atoms with van der Waals surface area (Å²) in [6.07, 6.45) is 1.79. The summed E-state index contributed by atoms with van der Waals surface area (Å²) in [7, 11) is 0. The SMILES string of the molecule is CCNC(=O)CCNc1c(C)c(Cl)nc2ncnn12. The number of carbonyl (C=O) groups excluding carboxylic acids is 1. The van der Waals surface area contributed by atoms with Crippen LogP contribution in [-0.4, -0.2) is 38.6 Å². The first-order valence-corrected chi connectivity index (χ1v) is 6.37. The summed E-state index contributed by atoms with van der Waals surface area (Å²) in [4.78, 5) is 19.5. The van der Waals surface area contributed by atoms with Gasteiger partial charge in [-0.1, -0.05) is 11.6 Å². The number of aromatic nitrogens is 4. The van der Waals surface area contributed by atoms with Gasteiger partial charge in [0.05, 0.1) is 0 Å². The fraction of sp³-hybridized carbons (Fsp3) is 0.455. The number of amides is 1. The van der Waals surface area contributed by atoms with Crippen LogP contribution in [0.1, 0.15) is 18.9 Å². The average molecular weight is 283 g/mol. The van der Waals surface area contributed by atoms with Crippen LogP contribution in [-0.2, 0) is 4.79 Å². The maximum absolute atomic E-state index is 11.4. The van der Waals surface area contributed by atoms with E-state index in [0.717, 1.165) is 5.56 Å². The molecule has 0 saturated carbocycles. The summed E-state index contributed by atoms with van der Waals surface area (Å²) in [5.74, 6) is 1.13. The minimum atomic E-state index is 0.00244. The predicted molar refractivity (Wildman–Crippen MR) is 72.3 cm³/mol. The third-order valence-electron chi connectivity index (χ3n) is 2.62. The standard InChI is InChI=1S/C11H15ClN6O/c1-3-13-8(19)4-5-14-10-7(2)9(12)17-11-15-6-16-18(10)11/h6,14H,3-5H2,1-2H3,(H,13,19). The zero-order valence-corrected chi connectivity index (χ0v) is 11.5. The molecule has 0 fully saturated rings. The van der Waals surface area contributed by atoms with Gasteiger partial charge in [0.15, 0.2) is 0 Å². The Balaban J connectivity index is 2.13. The van der Waals surface area contributed by atoms with E-state index in [1.807, 2.05) is 13.8 Å². The second kappa shape index (κ2) is 5.83. The minimum Gasteiger partial charge on any atom is -0.369 e. The second-order valence-corrected chi connectivity index (χ2v) is 4.34. The molecule has 102 valence electrons. The molecule has 0 saturated heterocycles. The molecule has 7 nitrogen and oxygen atoms in total. The van der Waals surface area contributed by atoms with Crippen LogP contribution in [0.3, 0.4) is 0 Å². The van der Waals surface area contributed by atoms with Crippen molar-refractivity contribution in [3.05, 3.63) is 17.0 Å². The van der Waals surface area contributed by atoms with Gasteiger partial charge in [0.1, 0.15) is 17.3 Å². The minimum absolute atomic E-state index is 0.00244. The van der Waals surface area contributed by atoms with Crippen LogP contribution in [0.15, 0.2) is 6.33 Å². The van der Waals surface area contributed by atoms with Gasteiger partial charge < -0.3 is 10.6 Å². The molecule has 0 unspecified atom stereocenters. The van der Waals surface area contributed by atoms with E-state index in [1.165, 1.54) is 6.33 Å². The van der Waals surface area contributed by atoms with Crippen molar-refractivity contribution < 1.29 is 4.79 Å². The lowest BCUT2D eigenvalue weighted by atomic mass is 10.3. The Kier molecular flexibility index (Phi) is 4.16. The second-order valence-electron chi connectivity index (χ2n) is 3.98. The van der Waals surface area contributed by atoms with E-state index in [0.29, 0.717) is 36.3 Å².